The number of rotatable bonds is 13. The molecule has 1 aliphatic heterocycles. The number of hydrogen-bond acceptors (Lipinski definition) is 8. The molecule has 0 spiro atoms. The quantitative estimate of drug-likeness (QED) is 0.280. The molecular weight excluding hydrogens is 512 g/mol. The molecule has 0 aromatic heterocycles. The molecular formula is C32H36O8. The second-order valence-corrected chi connectivity index (χ2v) is 9.64. The van der Waals surface area contributed by atoms with Gasteiger partial charge in [0.1, 0.15) is 6.10 Å². The Hall–Kier alpha value is -3.56. The number of hydrogen-bond donors (Lipinski definition) is 0. The van der Waals surface area contributed by atoms with Crippen LogP contribution in [0.2, 0.25) is 0 Å². The van der Waals surface area contributed by atoms with Gasteiger partial charge in [-0.2, -0.15) is 0 Å². The molecule has 40 heavy (non-hydrogen) atoms. The van der Waals surface area contributed by atoms with E-state index in [0.717, 1.165) is 16.7 Å². The zero-order chi connectivity index (χ0) is 28.2. The fourth-order valence-electron chi connectivity index (χ4n) is 4.59. The van der Waals surface area contributed by atoms with Crippen molar-refractivity contribution in [3.8, 4) is 0 Å². The summed E-state index contributed by atoms with van der Waals surface area (Å²) in [6, 6.07) is 29.2. The van der Waals surface area contributed by atoms with Crippen LogP contribution in [0.15, 0.2) is 91.0 Å². The molecule has 0 saturated carbocycles. The first-order chi connectivity index (χ1) is 19.5. The molecule has 8 nitrogen and oxygen atoms in total. The lowest BCUT2D eigenvalue weighted by Gasteiger charge is -2.45. The topological polar surface area (TPSA) is 89.5 Å². The Morgan fingerprint density at radius 3 is 1.65 bits per heavy atom. The molecule has 212 valence electrons. The highest BCUT2D eigenvalue weighted by Crippen LogP contribution is 2.33. The highest BCUT2D eigenvalue weighted by Gasteiger charge is 2.49. The predicted molar refractivity (Wildman–Crippen MR) is 147 cm³/mol. The van der Waals surface area contributed by atoms with Crippen LogP contribution in [0.4, 0.5) is 0 Å². The summed E-state index contributed by atoms with van der Waals surface area (Å²) in [6.07, 6.45) is -3.10. The van der Waals surface area contributed by atoms with Crippen molar-refractivity contribution in [3.05, 3.63) is 108 Å². The average molecular weight is 549 g/mol. The molecule has 8 heteroatoms. The minimum Gasteiger partial charge on any atom is -0.465 e. The van der Waals surface area contributed by atoms with Gasteiger partial charge in [-0.25, -0.2) is 0 Å². The molecule has 0 unspecified atom stereocenters. The van der Waals surface area contributed by atoms with Gasteiger partial charge in [0.15, 0.2) is 0 Å². The SMILES string of the molecule is CC(=O)OC[C@H]1[C@H](OCc2ccccc2)[C@@H](OCc2ccccc2)[C@@H](OC(C)=O)O[C@@H]1COCc1ccccc1. The summed E-state index contributed by atoms with van der Waals surface area (Å²) in [7, 11) is 0. The molecule has 0 radical (unpaired) electrons. The van der Waals surface area contributed by atoms with E-state index in [4.69, 9.17) is 28.4 Å². The van der Waals surface area contributed by atoms with Crippen LogP contribution in [0.1, 0.15) is 30.5 Å². The lowest BCUT2D eigenvalue weighted by atomic mass is 9.89. The van der Waals surface area contributed by atoms with Gasteiger partial charge >= 0.3 is 11.9 Å². The standard InChI is InChI=1S/C32H36O8/c1-23(33)36-21-28-29(22-35-18-25-12-6-3-7-13-25)40-32(39-24(2)34)31(38-20-27-16-10-5-11-17-27)30(28)37-19-26-14-8-4-9-15-26/h3-17,28-32H,18-22H2,1-2H3/t28-,29-,30+,31-,32+/m1/s1. The lowest BCUT2D eigenvalue weighted by Crippen LogP contribution is -2.59. The van der Waals surface area contributed by atoms with Gasteiger partial charge in [-0.1, -0.05) is 91.0 Å². The van der Waals surface area contributed by atoms with Crippen LogP contribution in [0, 0.1) is 5.92 Å². The minimum absolute atomic E-state index is 0.0200. The van der Waals surface area contributed by atoms with Gasteiger partial charge in [0.2, 0.25) is 6.29 Å². The largest absolute Gasteiger partial charge is 0.465 e. The molecule has 5 atom stereocenters. The summed E-state index contributed by atoms with van der Waals surface area (Å²) in [5.41, 5.74) is 2.91. The summed E-state index contributed by atoms with van der Waals surface area (Å²) in [6.45, 7) is 3.74. The molecule has 1 heterocycles. The molecule has 0 N–H and O–H groups in total. The second kappa shape index (κ2) is 15.3. The van der Waals surface area contributed by atoms with Crippen LogP contribution in [-0.2, 0) is 57.8 Å². The Morgan fingerprint density at radius 1 is 0.650 bits per heavy atom. The van der Waals surface area contributed by atoms with E-state index in [9.17, 15) is 9.59 Å². The number of esters is 2. The molecule has 3 aromatic carbocycles. The number of carbonyl (C=O) groups excluding carboxylic acids is 2. The summed E-state index contributed by atoms with van der Waals surface area (Å²) in [5, 5.41) is 0. The molecule has 1 aliphatic rings. The van der Waals surface area contributed by atoms with Crippen molar-refractivity contribution in [2.24, 2.45) is 5.92 Å². The monoisotopic (exact) mass is 548 g/mol. The molecule has 3 aromatic rings. The summed E-state index contributed by atoms with van der Waals surface area (Å²) < 4.78 is 36.2. The van der Waals surface area contributed by atoms with E-state index in [1.807, 2.05) is 91.0 Å². The van der Waals surface area contributed by atoms with E-state index in [-0.39, 0.29) is 26.4 Å². The summed E-state index contributed by atoms with van der Waals surface area (Å²) >= 11 is 0. The highest BCUT2D eigenvalue weighted by atomic mass is 16.7. The zero-order valence-electron chi connectivity index (χ0n) is 22.8. The number of ether oxygens (including phenoxy) is 6. The molecule has 1 fully saturated rings. The van der Waals surface area contributed by atoms with Crippen molar-refractivity contribution in [2.45, 2.75) is 58.3 Å². The van der Waals surface area contributed by atoms with Gasteiger partial charge in [-0.05, 0) is 16.7 Å². The normalized spacial score (nSPS) is 22.4. The van der Waals surface area contributed by atoms with E-state index in [1.54, 1.807) is 0 Å². The van der Waals surface area contributed by atoms with E-state index < -0.39 is 42.5 Å². The molecule has 4 rings (SSSR count). The highest BCUT2D eigenvalue weighted by molar-refractivity contribution is 5.66. The first kappa shape index (κ1) is 29.4. The van der Waals surface area contributed by atoms with E-state index in [0.29, 0.717) is 6.61 Å². The second-order valence-electron chi connectivity index (χ2n) is 9.64. The number of benzene rings is 3. The van der Waals surface area contributed by atoms with Crippen molar-refractivity contribution >= 4 is 11.9 Å². The first-order valence-electron chi connectivity index (χ1n) is 13.4. The van der Waals surface area contributed by atoms with Gasteiger partial charge in [-0.15, -0.1) is 0 Å². The van der Waals surface area contributed by atoms with Crippen LogP contribution < -0.4 is 0 Å². The van der Waals surface area contributed by atoms with Crippen molar-refractivity contribution in [3.63, 3.8) is 0 Å². The fraction of sp³-hybridized carbons (Fsp3) is 0.375. The maximum atomic E-state index is 12.1. The van der Waals surface area contributed by atoms with Crippen LogP contribution >= 0.6 is 0 Å². The Morgan fingerprint density at radius 2 is 1.15 bits per heavy atom. The third-order valence-electron chi connectivity index (χ3n) is 6.53. The Bertz CT molecular complexity index is 1170. The first-order valence-corrected chi connectivity index (χ1v) is 13.4. The summed E-state index contributed by atoms with van der Waals surface area (Å²) in [5.74, 6) is -1.40. The van der Waals surface area contributed by atoms with Gasteiger partial charge < -0.3 is 28.4 Å². The third-order valence-corrected chi connectivity index (χ3v) is 6.53. The molecule has 0 amide bonds. The van der Waals surface area contributed by atoms with Crippen molar-refractivity contribution in [2.75, 3.05) is 13.2 Å². The van der Waals surface area contributed by atoms with Crippen LogP contribution in [0.5, 0.6) is 0 Å². The maximum Gasteiger partial charge on any atom is 0.305 e. The van der Waals surface area contributed by atoms with Crippen molar-refractivity contribution in [1.29, 1.82) is 0 Å². The van der Waals surface area contributed by atoms with Gasteiger partial charge in [0.05, 0.1) is 51.2 Å². The lowest BCUT2D eigenvalue weighted by molar-refractivity contribution is -0.305. The third kappa shape index (κ3) is 8.99. The van der Waals surface area contributed by atoms with E-state index >= 15 is 0 Å². The van der Waals surface area contributed by atoms with Crippen LogP contribution in [-0.4, -0.2) is 49.8 Å². The van der Waals surface area contributed by atoms with Crippen molar-refractivity contribution < 1.29 is 38.0 Å². The molecule has 0 bridgehead atoms. The maximum absolute atomic E-state index is 12.1. The Kier molecular flexibility index (Phi) is 11.2. The fourth-order valence-corrected chi connectivity index (χ4v) is 4.59. The minimum atomic E-state index is -1.05. The van der Waals surface area contributed by atoms with Gasteiger partial charge in [0.25, 0.3) is 0 Å². The Labute approximate surface area is 235 Å². The van der Waals surface area contributed by atoms with Crippen molar-refractivity contribution in [1.82, 2.24) is 0 Å². The van der Waals surface area contributed by atoms with Gasteiger partial charge in [0, 0.05) is 13.8 Å². The van der Waals surface area contributed by atoms with Crippen LogP contribution in [0.25, 0.3) is 0 Å². The zero-order valence-corrected chi connectivity index (χ0v) is 22.8. The summed E-state index contributed by atoms with van der Waals surface area (Å²) in [4.78, 5) is 24.0. The molecule has 1 saturated heterocycles. The van der Waals surface area contributed by atoms with Gasteiger partial charge in [-0.3, -0.25) is 9.59 Å². The van der Waals surface area contributed by atoms with E-state index in [1.165, 1.54) is 13.8 Å². The average Bonchev–Trinajstić information content (AvgIpc) is 2.96. The smallest absolute Gasteiger partial charge is 0.305 e. The van der Waals surface area contributed by atoms with Crippen LogP contribution in [0.3, 0.4) is 0 Å². The predicted octanol–water partition coefficient (Wildman–Crippen LogP) is 4.84. The Balaban J connectivity index is 1.59. The number of carbonyl (C=O) groups is 2. The molecule has 0 aliphatic carbocycles. The van der Waals surface area contributed by atoms with E-state index in [2.05, 4.69) is 0 Å².